The molecule has 1 atom stereocenters. The molecule has 0 bridgehead atoms. The summed E-state index contributed by atoms with van der Waals surface area (Å²) in [5.74, 6) is 0. The summed E-state index contributed by atoms with van der Waals surface area (Å²) in [4.78, 5) is 5.99. The third-order valence-electron chi connectivity index (χ3n) is 3.07. The third-order valence-corrected chi connectivity index (χ3v) is 4.81. The molecule has 1 aliphatic heterocycles. The monoisotopic (exact) mass is 298 g/mol. The van der Waals surface area contributed by atoms with Crippen molar-refractivity contribution < 1.29 is 0 Å². The second-order valence-electron chi connectivity index (χ2n) is 4.47. The maximum Gasteiger partial charge on any atom is 0.126 e. The van der Waals surface area contributed by atoms with E-state index in [2.05, 4.69) is 12.2 Å². The van der Waals surface area contributed by atoms with Gasteiger partial charge in [0.1, 0.15) is 5.01 Å². The van der Waals surface area contributed by atoms with Crippen LogP contribution in [0.3, 0.4) is 0 Å². The molecule has 1 aliphatic rings. The normalized spacial score (nSPS) is 18.7. The molecule has 0 saturated heterocycles. The molecule has 0 radical (unpaired) electrons. The molecule has 2 nitrogen and oxygen atoms in total. The van der Waals surface area contributed by atoms with Gasteiger partial charge in [-0.15, -0.1) is 11.3 Å². The van der Waals surface area contributed by atoms with Crippen molar-refractivity contribution in [3.8, 4) is 10.6 Å². The molecule has 0 aliphatic carbocycles. The lowest BCUT2D eigenvalue weighted by atomic mass is 10.1. The summed E-state index contributed by atoms with van der Waals surface area (Å²) >= 11 is 14.1. The van der Waals surface area contributed by atoms with E-state index in [1.807, 2.05) is 18.2 Å². The molecule has 0 fully saturated rings. The zero-order chi connectivity index (χ0) is 12.7. The molecular weight excluding hydrogens is 287 g/mol. The molecule has 1 unspecified atom stereocenters. The molecule has 0 saturated carbocycles. The van der Waals surface area contributed by atoms with Gasteiger partial charge in [-0.3, -0.25) is 0 Å². The second kappa shape index (κ2) is 4.82. The Hall–Kier alpha value is -0.610. The Morgan fingerprint density at radius 3 is 2.78 bits per heavy atom. The lowest BCUT2D eigenvalue weighted by molar-refractivity contribution is 0.513. The number of aromatic nitrogens is 1. The molecule has 5 heteroatoms. The molecule has 0 amide bonds. The summed E-state index contributed by atoms with van der Waals surface area (Å²) in [6.45, 7) is 3.06. The van der Waals surface area contributed by atoms with Crippen LogP contribution in [0, 0.1) is 0 Å². The summed E-state index contributed by atoms with van der Waals surface area (Å²) < 4.78 is 0. The highest BCUT2D eigenvalue weighted by atomic mass is 35.5. The SMILES string of the molecule is CC1Cc2nc(-c3c(Cl)cccc3Cl)sc2CN1. The Kier molecular flexibility index (Phi) is 3.32. The van der Waals surface area contributed by atoms with Crippen molar-refractivity contribution in [2.75, 3.05) is 0 Å². The highest BCUT2D eigenvalue weighted by Gasteiger charge is 2.21. The van der Waals surface area contributed by atoms with E-state index in [-0.39, 0.29) is 0 Å². The number of nitrogens with zero attached hydrogens (tertiary/aromatic N) is 1. The van der Waals surface area contributed by atoms with Gasteiger partial charge in [-0.25, -0.2) is 4.98 Å². The van der Waals surface area contributed by atoms with Crippen molar-refractivity contribution in [1.29, 1.82) is 0 Å². The Labute approximate surface area is 120 Å². The van der Waals surface area contributed by atoms with E-state index in [0.717, 1.165) is 23.5 Å². The first-order valence-electron chi connectivity index (χ1n) is 5.81. The molecule has 18 heavy (non-hydrogen) atoms. The van der Waals surface area contributed by atoms with E-state index in [9.17, 15) is 0 Å². The van der Waals surface area contributed by atoms with E-state index in [1.54, 1.807) is 11.3 Å². The van der Waals surface area contributed by atoms with Gasteiger partial charge in [0, 0.05) is 29.4 Å². The maximum atomic E-state index is 6.22. The first kappa shape index (κ1) is 12.4. The fraction of sp³-hybridized carbons (Fsp3) is 0.308. The highest BCUT2D eigenvalue weighted by Crippen LogP contribution is 2.38. The average molecular weight is 299 g/mol. The van der Waals surface area contributed by atoms with Gasteiger partial charge in [-0.1, -0.05) is 29.3 Å². The molecule has 1 aromatic carbocycles. The molecular formula is C13H12Cl2N2S. The molecule has 94 valence electrons. The Morgan fingerprint density at radius 2 is 2.06 bits per heavy atom. The molecule has 1 N–H and O–H groups in total. The van der Waals surface area contributed by atoms with Crippen molar-refractivity contribution in [3.63, 3.8) is 0 Å². The predicted octanol–water partition coefficient (Wildman–Crippen LogP) is 4.15. The quantitative estimate of drug-likeness (QED) is 0.855. The number of hydrogen-bond donors (Lipinski definition) is 1. The van der Waals surface area contributed by atoms with Crippen LogP contribution in [0.5, 0.6) is 0 Å². The van der Waals surface area contributed by atoms with Crippen LogP contribution < -0.4 is 5.32 Å². The summed E-state index contributed by atoms with van der Waals surface area (Å²) in [5, 5.41) is 5.68. The number of fused-ring (bicyclic) bond motifs is 1. The first-order chi connectivity index (χ1) is 8.65. The second-order valence-corrected chi connectivity index (χ2v) is 6.37. The van der Waals surface area contributed by atoms with Gasteiger partial charge in [0.15, 0.2) is 0 Å². The highest BCUT2D eigenvalue weighted by molar-refractivity contribution is 7.15. The summed E-state index contributed by atoms with van der Waals surface area (Å²) in [6.07, 6.45) is 0.966. The first-order valence-corrected chi connectivity index (χ1v) is 7.38. The Balaban J connectivity index is 2.08. The Morgan fingerprint density at radius 1 is 1.33 bits per heavy atom. The third kappa shape index (κ3) is 2.16. The minimum absolute atomic E-state index is 0.481. The molecule has 0 spiro atoms. The lowest BCUT2D eigenvalue weighted by Crippen LogP contribution is -2.32. The van der Waals surface area contributed by atoms with Gasteiger partial charge in [0.25, 0.3) is 0 Å². The van der Waals surface area contributed by atoms with Gasteiger partial charge < -0.3 is 5.32 Å². The van der Waals surface area contributed by atoms with Gasteiger partial charge in [-0.2, -0.15) is 0 Å². The van der Waals surface area contributed by atoms with E-state index in [1.165, 1.54) is 10.6 Å². The summed E-state index contributed by atoms with van der Waals surface area (Å²) in [6, 6.07) is 6.04. The standard InChI is InChI=1S/C13H12Cl2N2S/c1-7-5-10-11(6-16-7)18-13(17-10)12-8(14)3-2-4-9(12)15/h2-4,7,16H,5-6H2,1H3. The smallest absolute Gasteiger partial charge is 0.126 e. The average Bonchev–Trinajstić information content (AvgIpc) is 2.71. The molecule has 2 heterocycles. The maximum absolute atomic E-state index is 6.22. The number of hydrogen-bond acceptors (Lipinski definition) is 3. The van der Waals surface area contributed by atoms with E-state index in [0.29, 0.717) is 16.1 Å². The fourth-order valence-corrected chi connectivity index (χ4v) is 3.92. The molecule has 2 aromatic rings. The zero-order valence-electron chi connectivity index (χ0n) is 9.84. The lowest BCUT2D eigenvalue weighted by Gasteiger charge is -2.18. The minimum Gasteiger partial charge on any atom is -0.309 e. The molecule has 3 rings (SSSR count). The fourth-order valence-electron chi connectivity index (χ4n) is 2.12. The van der Waals surface area contributed by atoms with Crippen LogP contribution in [0.25, 0.3) is 10.6 Å². The van der Waals surface area contributed by atoms with Crippen LogP contribution >= 0.6 is 34.5 Å². The van der Waals surface area contributed by atoms with Crippen molar-refractivity contribution >= 4 is 34.5 Å². The van der Waals surface area contributed by atoms with E-state index in [4.69, 9.17) is 28.2 Å². The van der Waals surface area contributed by atoms with Crippen molar-refractivity contribution in [2.24, 2.45) is 0 Å². The summed E-state index contributed by atoms with van der Waals surface area (Å²) in [7, 11) is 0. The van der Waals surface area contributed by atoms with Gasteiger partial charge in [-0.05, 0) is 19.1 Å². The minimum atomic E-state index is 0.481. The van der Waals surface area contributed by atoms with E-state index >= 15 is 0 Å². The van der Waals surface area contributed by atoms with Crippen molar-refractivity contribution in [1.82, 2.24) is 10.3 Å². The van der Waals surface area contributed by atoms with Crippen LogP contribution in [0.1, 0.15) is 17.5 Å². The van der Waals surface area contributed by atoms with Crippen molar-refractivity contribution in [2.45, 2.75) is 25.9 Å². The summed E-state index contributed by atoms with van der Waals surface area (Å²) in [5.41, 5.74) is 2.03. The van der Waals surface area contributed by atoms with Crippen LogP contribution in [0.2, 0.25) is 10.0 Å². The largest absolute Gasteiger partial charge is 0.309 e. The van der Waals surface area contributed by atoms with Gasteiger partial charge in [0.05, 0.1) is 15.7 Å². The van der Waals surface area contributed by atoms with Gasteiger partial charge in [0.2, 0.25) is 0 Å². The number of rotatable bonds is 1. The van der Waals surface area contributed by atoms with Crippen LogP contribution in [0.15, 0.2) is 18.2 Å². The number of nitrogens with one attached hydrogen (secondary N) is 1. The topological polar surface area (TPSA) is 24.9 Å². The Bertz CT molecular complexity index is 574. The van der Waals surface area contributed by atoms with Crippen molar-refractivity contribution in [3.05, 3.63) is 38.8 Å². The molecule has 1 aromatic heterocycles. The number of benzene rings is 1. The predicted molar refractivity (Wildman–Crippen MR) is 77.6 cm³/mol. The van der Waals surface area contributed by atoms with Crippen LogP contribution in [-0.2, 0) is 13.0 Å². The van der Waals surface area contributed by atoms with Crippen LogP contribution in [0.4, 0.5) is 0 Å². The van der Waals surface area contributed by atoms with Crippen LogP contribution in [-0.4, -0.2) is 11.0 Å². The van der Waals surface area contributed by atoms with Gasteiger partial charge >= 0.3 is 0 Å². The number of thiazole rings is 1. The zero-order valence-corrected chi connectivity index (χ0v) is 12.2. The number of halogens is 2. The van der Waals surface area contributed by atoms with E-state index < -0.39 is 0 Å².